The average Bonchev–Trinajstić information content (AvgIpc) is 2.60. The molecule has 2 rings (SSSR count). The van der Waals surface area contributed by atoms with Gasteiger partial charge in [-0.2, -0.15) is 0 Å². The van der Waals surface area contributed by atoms with Crippen LogP contribution < -0.4 is 0 Å². The van der Waals surface area contributed by atoms with Crippen molar-refractivity contribution in [1.29, 1.82) is 0 Å². The van der Waals surface area contributed by atoms with E-state index >= 15 is 0 Å². The molecule has 2 aromatic rings. The van der Waals surface area contributed by atoms with Crippen LogP contribution >= 0.6 is 0 Å². The highest BCUT2D eigenvalue weighted by molar-refractivity contribution is 5.94. The molecule has 0 radical (unpaired) electrons. The van der Waals surface area contributed by atoms with Crippen molar-refractivity contribution in [1.82, 2.24) is 9.88 Å². The molecule has 1 amide bonds. The number of likely N-dealkylation sites (N-methyl/N-ethyl adjacent to an activating group) is 1. The molecular weight excluding hydrogens is 284 g/mol. The van der Waals surface area contributed by atoms with E-state index in [9.17, 15) is 4.79 Å². The van der Waals surface area contributed by atoms with Crippen molar-refractivity contribution in [2.24, 2.45) is 0 Å². The summed E-state index contributed by atoms with van der Waals surface area (Å²) in [6.07, 6.45) is 4.75. The highest BCUT2D eigenvalue weighted by Crippen LogP contribution is 2.09. The normalized spacial score (nSPS) is 9.74. The SMILES string of the molecule is CCC.CCc1cccc(C(=O)N(C)CCc2ccccn2)c1. The van der Waals surface area contributed by atoms with Gasteiger partial charge in [0, 0.05) is 37.5 Å². The number of benzene rings is 1. The Balaban J connectivity index is 0.000000816. The number of hydrogen-bond acceptors (Lipinski definition) is 2. The van der Waals surface area contributed by atoms with Gasteiger partial charge in [-0.3, -0.25) is 9.78 Å². The third-order valence-electron chi connectivity index (χ3n) is 3.36. The molecule has 0 atom stereocenters. The fourth-order valence-corrected chi connectivity index (χ4v) is 2.07. The van der Waals surface area contributed by atoms with Crippen molar-refractivity contribution >= 4 is 5.91 Å². The first-order valence-corrected chi connectivity index (χ1v) is 8.36. The predicted octanol–water partition coefficient (Wildman–Crippen LogP) is 4.38. The number of carbonyl (C=O) groups excluding carboxylic acids is 1. The number of pyridine rings is 1. The lowest BCUT2D eigenvalue weighted by Crippen LogP contribution is -2.29. The summed E-state index contributed by atoms with van der Waals surface area (Å²) in [5.74, 6) is 0.0660. The number of carbonyl (C=O) groups is 1. The summed E-state index contributed by atoms with van der Waals surface area (Å²) in [4.78, 5) is 18.4. The zero-order chi connectivity index (χ0) is 17.1. The van der Waals surface area contributed by atoms with Crippen LogP contribution in [0, 0.1) is 0 Å². The van der Waals surface area contributed by atoms with Gasteiger partial charge in [-0.05, 0) is 36.2 Å². The molecule has 3 heteroatoms. The first-order chi connectivity index (χ1) is 11.1. The van der Waals surface area contributed by atoms with Gasteiger partial charge < -0.3 is 4.90 Å². The van der Waals surface area contributed by atoms with Crippen LogP contribution in [0.2, 0.25) is 0 Å². The first-order valence-electron chi connectivity index (χ1n) is 8.36. The summed E-state index contributed by atoms with van der Waals surface area (Å²) < 4.78 is 0. The van der Waals surface area contributed by atoms with E-state index in [1.807, 2.05) is 49.5 Å². The minimum atomic E-state index is 0.0660. The minimum absolute atomic E-state index is 0.0660. The van der Waals surface area contributed by atoms with Gasteiger partial charge >= 0.3 is 0 Å². The molecular formula is C20H28N2O. The smallest absolute Gasteiger partial charge is 0.253 e. The average molecular weight is 312 g/mol. The van der Waals surface area contributed by atoms with Gasteiger partial charge in [-0.1, -0.05) is 45.4 Å². The number of hydrogen-bond donors (Lipinski definition) is 0. The van der Waals surface area contributed by atoms with Gasteiger partial charge in [-0.15, -0.1) is 0 Å². The molecule has 0 saturated heterocycles. The maximum absolute atomic E-state index is 12.3. The highest BCUT2D eigenvalue weighted by atomic mass is 16.2. The van der Waals surface area contributed by atoms with Crippen LogP contribution in [0.15, 0.2) is 48.7 Å². The summed E-state index contributed by atoms with van der Waals surface area (Å²) >= 11 is 0. The minimum Gasteiger partial charge on any atom is -0.341 e. The van der Waals surface area contributed by atoms with Gasteiger partial charge in [0.25, 0.3) is 5.91 Å². The lowest BCUT2D eigenvalue weighted by Gasteiger charge is -2.17. The second-order valence-electron chi connectivity index (χ2n) is 5.56. The van der Waals surface area contributed by atoms with Gasteiger partial charge in [0.1, 0.15) is 0 Å². The Labute approximate surface area is 140 Å². The van der Waals surface area contributed by atoms with Gasteiger partial charge in [-0.25, -0.2) is 0 Å². The zero-order valence-corrected chi connectivity index (χ0v) is 14.7. The molecule has 0 aliphatic heterocycles. The predicted molar refractivity (Wildman–Crippen MR) is 96.7 cm³/mol. The van der Waals surface area contributed by atoms with Crippen LogP contribution in [0.4, 0.5) is 0 Å². The molecule has 124 valence electrons. The Kier molecular flexibility index (Phi) is 8.66. The largest absolute Gasteiger partial charge is 0.341 e. The molecule has 0 aliphatic rings. The van der Waals surface area contributed by atoms with E-state index in [1.54, 1.807) is 11.1 Å². The van der Waals surface area contributed by atoms with Crippen LogP contribution in [-0.4, -0.2) is 29.4 Å². The quantitative estimate of drug-likeness (QED) is 0.821. The Morgan fingerprint density at radius 3 is 2.43 bits per heavy atom. The maximum atomic E-state index is 12.3. The van der Waals surface area contributed by atoms with Crippen LogP contribution in [0.25, 0.3) is 0 Å². The van der Waals surface area contributed by atoms with Crippen molar-refractivity contribution in [3.63, 3.8) is 0 Å². The van der Waals surface area contributed by atoms with Crippen molar-refractivity contribution in [3.8, 4) is 0 Å². The number of rotatable bonds is 5. The Hall–Kier alpha value is -2.16. The van der Waals surface area contributed by atoms with Crippen LogP contribution in [0.5, 0.6) is 0 Å². The Morgan fingerprint density at radius 1 is 1.09 bits per heavy atom. The van der Waals surface area contributed by atoms with Crippen LogP contribution in [0.3, 0.4) is 0 Å². The summed E-state index contributed by atoms with van der Waals surface area (Å²) in [6.45, 7) is 7.01. The summed E-state index contributed by atoms with van der Waals surface area (Å²) in [5.41, 5.74) is 2.95. The lowest BCUT2D eigenvalue weighted by atomic mass is 10.1. The lowest BCUT2D eigenvalue weighted by molar-refractivity contribution is 0.0796. The fraction of sp³-hybridized carbons (Fsp3) is 0.400. The molecule has 1 aromatic carbocycles. The zero-order valence-electron chi connectivity index (χ0n) is 14.7. The second kappa shape index (κ2) is 10.5. The summed E-state index contributed by atoms with van der Waals surface area (Å²) in [6, 6.07) is 13.7. The molecule has 1 heterocycles. The molecule has 0 aliphatic carbocycles. The van der Waals surface area contributed by atoms with E-state index < -0.39 is 0 Å². The van der Waals surface area contributed by atoms with Gasteiger partial charge in [0.15, 0.2) is 0 Å². The van der Waals surface area contributed by atoms with E-state index in [4.69, 9.17) is 0 Å². The van der Waals surface area contributed by atoms with Gasteiger partial charge in [0.05, 0.1) is 0 Å². The molecule has 3 nitrogen and oxygen atoms in total. The van der Waals surface area contributed by atoms with Crippen molar-refractivity contribution < 1.29 is 4.79 Å². The molecule has 1 aromatic heterocycles. The molecule has 0 bridgehead atoms. The standard InChI is InChI=1S/C17H20N2O.C3H8/c1-3-14-7-6-8-15(13-14)17(20)19(2)12-10-16-9-4-5-11-18-16;1-3-2/h4-9,11,13H,3,10,12H2,1-2H3;3H2,1-2H3. The van der Waals surface area contributed by atoms with Gasteiger partial charge in [0.2, 0.25) is 0 Å². The van der Waals surface area contributed by atoms with Crippen molar-refractivity contribution in [2.75, 3.05) is 13.6 Å². The van der Waals surface area contributed by atoms with Crippen molar-refractivity contribution in [2.45, 2.75) is 40.0 Å². The van der Waals surface area contributed by atoms with Crippen LogP contribution in [0.1, 0.15) is 48.8 Å². The Bertz CT molecular complexity index is 581. The third kappa shape index (κ3) is 6.64. The summed E-state index contributed by atoms with van der Waals surface area (Å²) in [5, 5.41) is 0. The monoisotopic (exact) mass is 312 g/mol. The van der Waals surface area contributed by atoms with E-state index in [1.165, 1.54) is 12.0 Å². The summed E-state index contributed by atoms with van der Waals surface area (Å²) in [7, 11) is 1.84. The first kappa shape index (κ1) is 18.9. The van der Waals surface area contributed by atoms with E-state index in [0.717, 1.165) is 24.1 Å². The Morgan fingerprint density at radius 2 is 1.83 bits per heavy atom. The highest BCUT2D eigenvalue weighted by Gasteiger charge is 2.11. The third-order valence-corrected chi connectivity index (χ3v) is 3.36. The molecule has 0 N–H and O–H groups in total. The molecule has 0 fully saturated rings. The topological polar surface area (TPSA) is 33.2 Å². The van der Waals surface area contributed by atoms with E-state index in [2.05, 4.69) is 25.8 Å². The van der Waals surface area contributed by atoms with E-state index in [0.29, 0.717) is 6.54 Å². The van der Waals surface area contributed by atoms with Crippen molar-refractivity contribution in [3.05, 3.63) is 65.5 Å². The fourth-order valence-electron chi connectivity index (χ4n) is 2.07. The number of nitrogens with zero attached hydrogens (tertiary/aromatic N) is 2. The molecule has 0 spiro atoms. The number of aryl methyl sites for hydroxylation is 1. The number of amides is 1. The molecule has 0 unspecified atom stereocenters. The maximum Gasteiger partial charge on any atom is 0.253 e. The molecule has 0 saturated carbocycles. The van der Waals surface area contributed by atoms with Crippen LogP contribution in [-0.2, 0) is 12.8 Å². The second-order valence-corrected chi connectivity index (χ2v) is 5.56. The molecule has 23 heavy (non-hydrogen) atoms. The number of aromatic nitrogens is 1. The van der Waals surface area contributed by atoms with E-state index in [-0.39, 0.29) is 5.91 Å².